The second-order valence-corrected chi connectivity index (χ2v) is 5.67. The van der Waals surface area contributed by atoms with Crippen molar-refractivity contribution in [1.29, 1.82) is 0 Å². The Morgan fingerprint density at radius 2 is 2.00 bits per heavy atom. The van der Waals surface area contributed by atoms with Crippen LogP contribution in [0.2, 0.25) is 0 Å². The van der Waals surface area contributed by atoms with E-state index in [1.54, 1.807) is 6.20 Å². The van der Waals surface area contributed by atoms with E-state index >= 15 is 0 Å². The fourth-order valence-electron chi connectivity index (χ4n) is 2.75. The molecule has 0 saturated carbocycles. The van der Waals surface area contributed by atoms with E-state index in [2.05, 4.69) is 25.4 Å². The normalized spacial score (nSPS) is 11.1. The maximum Gasteiger partial charge on any atom is 0.263 e. The molecule has 0 saturated heterocycles. The first kappa shape index (κ1) is 15.3. The van der Waals surface area contributed by atoms with Crippen molar-refractivity contribution in [3.63, 3.8) is 0 Å². The molecule has 7 heteroatoms. The third-order valence-corrected chi connectivity index (χ3v) is 3.87. The van der Waals surface area contributed by atoms with Crippen LogP contribution in [-0.4, -0.2) is 33.3 Å². The molecule has 4 rings (SSSR count). The van der Waals surface area contributed by atoms with E-state index in [1.165, 1.54) is 0 Å². The van der Waals surface area contributed by atoms with Crippen LogP contribution in [0.1, 0.15) is 11.5 Å². The highest BCUT2D eigenvalue weighted by molar-refractivity contribution is 5.87. The van der Waals surface area contributed by atoms with Gasteiger partial charge in [0.25, 0.3) is 5.71 Å². The van der Waals surface area contributed by atoms with Gasteiger partial charge in [0.05, 0.1) is 12.2 Å². The summed E-state index contributed by atoms with van der Waals surface area (Å²) in [4.78, 5) is 13.1. The van der Waals surface area contributed by atoms with E-state index in [1.807, 2.05) is 44.2 Å². The zero-order valence-electron chi connectivity index (χ0n) is 14.0. The van der Waals surface area contributed by atoms with Crippen LogP contribution in [0.15, 0.2) is 41.1 Å². The van der Waals surface area contributed by atoms with E-state index in [-0.39, 0.29) is 0 Å². The number of nitrogens with zero attached hydrogens (tertiary/aromatic N) is 4. The molecule has 4 aromatic rings. The molecule has 0 atom stereocenters. The van der Waals surface area contributed by atoms with E-state index in [0.29, 0.717) is 30.5 Å². The first-order chi connectivity index (χ1) is 12.2. The van der Waals surface area contributed by atoms with E-state index in [4.69, 9.17) is 9.26 Å². The molecule has 0 unspecified atom stereocenters. The van der Waals surface area contributed by atoms with Gasteiger partial charge >= 0.3 is 0 Å². The Hall–Kier alpha value is -3.22. The van der Waals surface area contributed by atoms with Crippen molar-refractivity contribution in [2.45, 2.75) is 13.8 Å². The minimum atomic E-state index is 0.477. The highest BCUT2D eigenvalue weighted by Crippen LogP contribution is 2.24. The quantitative estimate of drug-likeness (QED) is 0.560. The number of aromatic nitrogens is 4. The van der Waals surface area contributed by atoms with Gasteiger partial charge in [0.15, 0.2) is 0 Å². The van der Waals surface area contributed by atoms with Crippen LogP contribution in [0.4, 0.5) is 5.82 Å². The summed E-state index contributed by atoms with van der Waals surface area (Å²) in [5.41, 5.74) is 2.11. The molecule has 3 heterocycles. The van der Waals surface area contributed by atoms with Crippen LogP contribution >= 0.6 is 0 Å². The highest BCUT2D eigenvalue weighted by atomic mass is 16.5. The molecule has 0 aliphatic carbocycles. The zero-order chi connectivity index (χ0) is 17.2. The molecule has 0 radical (unpaired) electrons. The summed E-state index contributed by atoms with van der Waals surface area (Å²) in [6.07, 6.45) is 1.77. The average Bonchev–Trinajstić information content (AvgIpc) is 2.99. The van der Waals surface area contributed by atoms with Crippen LogP contribution in [-0.2, 0) is 0 Å². The number of fused-ring (bicyclic) bond motifs is 2. The van der Waals surface area contributed by atoms with Gasteiger partial charge in [-0.1, -0.05) is 23.4 Å². The first-order valence-electron chi connectivity index (χ1n) is 8.03. The minimum Gasteiger partial charge on any atom is -0.489 e. The number of pyridine rings is 1. The number of hydrogen-bond acceptors (Lipinski definition) is 7. The van der Waals surface area contributed by atoms with Gasteiger partial charge in [0.1, 0.15) is 34.9 Å². The number of aryl methyl sites for hydroxylation is 2. The fourth-order valence-corrected chi connectivity index (χ4v) is 2.75. The Morgan fingerprint density at radius 1 is 1.12 bits per heavy atom. The number of ether oxygens (including phenoxy) is 1. The predicted octanol–water partition coefficient (Wildman–Crippen LogP) is 3.27. The maximum absolute atomic E-state index is 5.89. The summed E-state index contributed by atoms with van der Waals surface area (Å²) >= 11 is 0. The summed E-state index contributed by atoms with van der Waals surface area (Å²) in [6, 6.07) is 9.83. The largest absolute Gasteiger partial charge is 0.489 e. The minimum absolute atomic E-state index is 0.477. The van der Waals surface area contributed by atoms with Gasteiger partial charge in [-0.2, -0.15) is 4.98 Å². The van der Waals surface area contributed by atoms with Gasteiger partial charge in [-0.15, -0.1) is 0 Å². The van der Waals surface area contributed by atoms with E-state index in [9.17, 15) is 0 Å². The van der Waals surface area contributed by atoms with Crippen molar-refractivity contribution in [2.24, 2.45) is 0 Å². The number of para-hydroxylation sites is 1. The molecule has 25 heavy (non-hydrogen) atoms. The molecule has 0 spiro atoms. The van der Waals surface area contributed by atoms with Crippen molar-refractivity contribution in [3.8, 4) is 5.75 Å². The van der Waals surface area contributed by atoms with Crippen molar-refractivity contribution >= 4 is 27.8 Å². The molecule has 0 aliphatic heterocycles. The summed E-state index contributed by atoms with van der Waals surface area (Å²) in [5, 5.41) is 9.09. The standard InChI is InChI=1S/C18H17N5O2/c1-11-15-17(21-12(2)22-18(15)25-23-11)20-9-10-24-14-7-3-5-13-6-4-8-19-16(13)14/h3-8H,9-10H2,1-2H3,(H,20,21,22). The second kappa shape index (κ2) is 6.35. The smallest absolute Gasteiger partial charge is 0.263 e. The summed E-state index contributed by atoms with van der Waals surface area (Å²) in [5.74, 6) is 2.11. The first-order valence-corrected chi connectivity index (χ1v) is 8.03. The van der Waals surface area contributed by atoms with Crippen LogP contribution in [0.25, 0.3) is 22.0 Å². The lowest BCUT2D eigenvalue weighted by Crippen LogP contribution is -2.13. The van der Waals surface area contributed by atoms with Gasteiger partial charge in [0, 0.05) is 11.6 Å². The van der Waals surface area contributed by atoms with Crippen LogP contribution in [0.5, 0.6) is 5.75 Å². The van der Waals surface area contributed by atoms with Gasteiger partial charge < -0.3 is 14.6 Å². The summed E-state index contributed by atoms with van der Waals surface area (Å²) in [6.45, 7) is 4.75. The number of nitrogens with one attached hydrogen (secondary N) is 1. The second-order valence-electron chi connectivity index (χ2n) is 5.67. The Morgan fingerprint density at radius 3 is 2.92 bits per heavy atom. The van der Waals surface area contributed by atoms with Crippen LogP contribution < -0.4 is 10.1 Å². The van der Waals surface area contributed by atoms with Gasteiger partial charge in [0.2, 0.25) is 0 Å². The van der Waals surface area contributed by atoms with Gasteiger partial charge in [-0.05, 0) is 26.0 Å². The lowest BCUT2D eigenvalue weighted by Gasteiger charge is -2.10. The molecule has 7 nitrogen and oxygen atoms in total. The van der Waals surface area contributed by atoms with Crippen molar-refractivity contribution < 1.29 is 9.26 Å². The highest BCUT2D eigenvalue weighted by Gasteiger charge is 2.13. The topological polar surface area (TPSA) is 86.0 Å². The monoisotopic (exact) mass is 335 g/mol. The molecule has 1 aromatic carbocycles. The Labute approximate surface area is 144 Å². The molecule has 0 fully saturated rings. The Bertz CT molecular complexity index is 1040. The maximum atomic E-state index is 5.89. The number of benzene rings is 1. The summed E-state index contributed by atoms with van der Waals surface area (Å²) in [7, 11) is 0. The molecule has 126 valence electrons. The molecule has 0 bridgehead atoms. The fraction of sp³-hybridized carbons (Fsp3) is 0.222. The Kier molecular flexibility index (Phi) is 3.89. The SMILES string of the molecule is Cc1nc(NCCOc2cccc3cccnc23)c2c(C)noc2n1. The predicted molar refractivity (Wildman–Crippen MR) is 94.8 cm³/mol. The van der Waals surface area contributed by atoms with Crippen LogP contribution in [0, 0.1) is 13.8 Å². The van der Waals surface area contributed by atoms with Crippen molar-refractivity contribution in [1.82, 2.24) is 20.1 Å². The van der Waals surface area contributed by atoms with Crippen molar-refractivity contribution in [2.75, 3.05) is 18.5 Å². The van der Waals surface area contributed by atoms with E-state index in [0.717, 1.165) is 27.7 Å². The van der Waals surface area contributed by atoms with Crippen molar-refractivity contribution in [3.05, 3.63) is 48.0 Å². The summed E-state index contributed by atoms with van der Waals surface area (Å²) < 4.78 is 11.1. The molecular formula is C18H17N5O2. The number of hydrogen-bond donors (Lipinski definition) is 1. The number of anilines is 1. The lowest BCUT2D eigenvalue weighted by atomic mass is 10.2. The molecule has 0 amide bonds. The molecule has 1 N–H and O–H groups in total. The molecule has 3 aromatic heterocycles. The van der Waals surface area contributed by atoms with Crippen LogP contribution in [0.3, 0.4) is 0 Å². The lowest BCUT2D eigenvalue weighted by molar-refractivity contribution is 0.336. The third-order valence-electron chi connectivity index (χ3n) is 3.87. The average molecular weight is 335 g/mol. The van der Waals surface area contributed by atoms with Gasteiger partial charge in [-0.3, -0.25) is 4.98 Å². The molecule has 0 aliphatic rings. The zero-order valence-corrected chi connectivity index (χ0v) is 14.0. The third kappa shape index (κ3) is 2.96. The van der Waals surface area contributed by atoms with Gasteiger partial charge in [-0.25, -0.2) is 4.98 Å². The Balaban J connectivity index is 1.47. The molecular weight excluding hydrogens is 318 g/mol. The number of rotatable bonds is 5. The van der Waals surface area contributed by atoms with E-state index < -0.39 is 0 Å².